The summed E-state index contributed by atoms with van der Waals surface area (Å²) in [4.78, 5) is 16.8. The van der Waals surface area contributed by atoms with Gasteiger partial charge in [-0.2, -0.15) is 0 Å². The van der Waals surface area contributed by atoms with Crippen molar-refractivity contribution in [2.45, 2.75) is 30.8 Å². The largest absolute Gasteiger partial charge is 0.497 e. The smallest absolute Gasteiger partial charge is 0.239 e. The van der Waals surface area contributed by atoms with Crippen LogP contribution in [-0.4, -0.2) is 38.0 Å². The van der Waals surface area contributed by atoms with Gasteiger partial charge in [0.25, 0.3) is 0 Å². The van der Waals surface area contributed by atoms with Crippen molar-refractivity contribution < 1.29 is 9.53 Å². The highest BCUT2D eigenvalue weighted by Crippen LogP contribution is 2.28. The quantitative estimate of drug-likeness (QED) is 0.442. The van der Waals surface area contributed by atoms with Crippen LogP contribution < -0.4 is 10.1 Å². The molecule has 7 nitrogen and oxygen atoms in total. The Morgan fingerprint density at radius 1 is 1.39 bits per heavy atom. The van der Waals surface area contributed by atoms with E-state index in [-0.39, 0.29) is 11.2 Å². The minimum Gasteiger partial charge on any atom is -0.497 e. The Bertz CT molecular complexity index is 965. The van der Waals surface area contributed by atoms with Gasteiger partial charge >= 0.3 is 0 Å². The fourth-order valence-electron chi connectivity index (χ4n) is 2.45. The van der Waals surface area contributed by atoms with E-state index in [0.717, 1.165) is 17.0 Å². The van der Waals surface area contributed by atoms with E-state index in [1.807, 2.05) is 48.1 Å². The fraction of sp³-hybridized carbons (Fsp3) is 0.263. The van der Waals surface area contributed by atoms with Crippen molar-refractivity contribution in [3.63, 3.8) is 0 Å². The van der Waals surface area contributed by atoms with Crippen LogP contribution >= 0.6 is 23.1 Å². The van der Waals surface area contributed by atoms with E-state index < -0.39 is 0 Å². The summed E-state index contributed by atoms with van der Waals surface area (Å²) in [6.07, 6.45) is 1.78. The first-order valence-corrected chi connectivity index (χ1v) is 10.4. The van der Waals surface area contributed by atoms with Gasteiger partial charge in [0.05, 0.1) is 18.1 Å². The first-order chi connectivity index (χ1) is 13.5. The lowest BCUT2D eigenvalue weighted by molar-refractivity contribution is -0.115. The Labute approximate surface area is 171 Å². The van der Waals surface area contributed by atoms with Gasteiger partial charge in [0.15, 0.2) is 16.1 Å². The number of carbonyl (C=O) groups is 1. The number of benzene rings is 1. The lowest BCUT2D eigenvalue weighted by Gasteiger charge is -2.12. The number of carbonyl (C=O) groups excluding carboxylic acids is 1. The van der Waals surface area contributed by atoms with Gasteiger partial charge in [-0.25, -0.2) is 4.98 Å². The lowest BCUT2D eigenvalue weighted by Crippen LogP contribution is -2.22. The zero-order chi connectivity index (χ0) is 20.1. The molecular formula is C19H21N5O2S2. The number of hydrogen-bond donors (Lipinski definition) is 1. The Hall–Kier alpha value is -2.65. The maximum atomic E-state index is 12.5. The third-order valence-corrected chi connectivity index (χ3v) is 5.83. The summed E-state index contributed by atoms with van der Waals surface area (Å²) in [6, 6.07) is 7.61. The molecule has 1 aromatic carbocycles. The number of aromatic nitrogens is 4. The average Bonchev–Trinajstić information content (AvgIpc) is 3.28. The molecule has 0 bridgehead atoms. The van der Waals surface area contributed by atoms with E-state index in [1.54, 1.807) is 13.2 Å². The van der Waals surface area contributed by atoms with Crippen LogP contribution in [0.1, 0.15) is 12.6 Å². The normalized spacial score (nSPS) is 11.8. The van der Waals surface area contributed by atoms with Crippen molar-refractivity contribution in [1.29, 1.82) is 0 Å². The molecule has 1 amide bonds. The number of amides is 1. The monoisotopic (exact) mass is 415 g/mol. The number of nitrogens with zero attached hydrogens (tertiary/aromatic N) is 4. The third-order valence-electron chi connectivity index (χ3n) is 3.88. The highest BCUT2D eigenvalue weighted by atomic mass is 32.2. The number of ether oxygens (including phenoxy) is 1. The Kier molecular flexibility index (Phi) is 6.48. The van der Waals surface area contributed by atoms with Gasteiger partial charge in [-0.05, 0) is 38.1 Å². The van der Waals surface area contributed by atoms with Gasteiger partial charge in [0, 0.05) is 17.5 Å². The highest BCUT2D eigenvalue weighted by molar-refractivity contribution is 8.00. The Balaban J connectivity index is 1.78. The minimum atomic E-state index is -0.360. The molecule has 0 fully saturated rings. The number of thiazole rings is 1. The summed E-state index contributed by atoms with van der Waals surface area (Å²) in [5.41, 5.74) is 1.80. The van der Waals surface area contributed by atoms with Gasteiger partial charge in [0.2, 0.25) is 5.91 Å². The van der Waals surface area contributed by atoms with Gasteiger partial charge < -0.3 is 10.1 Å². The van der Waals surface area contributed by atoms with Crippen LogP contribution in [0.15, 0.2) is 47.5 Å². The topological polar surface area (TPSA) is 81.9 Å². The van der Waals surface area contributed by atoms with E-state index in [0.29, 0.717) is 22.7 Å². The predicted octanol–water partition coefficient (Wildman–Crippen LogP) is 4.02. The first-order valence-electron chi connectivity index (χ1n) is 8.60. The van der Waals surface area contributed by atoms with Crippen molar-refractivity contribution in [3.05, 3.63) is 48.0 Å². The average molecular weight is 416 g/mol. The highest BCUT2D eigenvalue weighted by Gasteiger charge is 2.21. The minimum absolute atomic E-state index is 0.126. The van der Waals surface area contributed by atoms with Crippen LogP contribution in [0, 0.1) is 6.92 Å². The molecular weight excluding hydrogens is 394 g/mol. The van der Waals surface area contributed by atoms with E-state index in [9.17, 15) is 4.79 Å². The molecule has 0 unspecified atom stereocenters. The van der Waals surface area contributed by atoms with Crippen LogP contribution in [0.4, 0.5) is 5.13 Å². The molecule has 0 saturated carbocycles. The second-order valence-electron chi connectivity index (χ2n) is 5.98. The van der Waals surface area contributed by atoms with E-state index in [4.69, 9.17) is 4.74 Å². The zero-order valence-corrected chi connectivity index (χ0v) is 17.5. The molecule has 3 aromatic rings. The second-order valence-corrected chi connectivity index (χ2v) is 8.14. The van der Waals surface area contributed by atoms with Crippen molar-refractivity contribution in [2.24, 2.45) is 0 Å². The van der Waals surface area contributed by atoms with Crippen molar-refractivity contribution in [2.75, 3.05) is 12.4 Å². The van der Waals surface area contributed by atoms with E-state index in [1.165, 1.54) is 23.1 Å². The fourth-order valence-corrected chi connectivity index (χ4v) is 4.00. The molecule has 0 radical (unpaired) electrons. The number of aryl methyl sites for hydroxylation is 1. The molecule has 0 aliphatic heterocycles. The summed E-state index contributed by atoms with van der Waals surface area (Å²) in [6.45, 7) is 8.08. The van der Waals surface area contributed by atoms with Crippen LogP contribution in [0.2, 0.25) is 0 Å². The predicted molar refractivity (Wildman–Crippen MR) is 113 cm³/mol. The number of allylic oxidation sites excluding steroid dienone is 1. The number of anilines is 1. The first kappa shape index (κ1) is 20.1. The number of nitrogens with one attached hydrogen (secondary N) is 1. The molecule has 1 N–H and O–H groups in total. The molecule has 2 heterocycles. The molecule has 9 heteroatoms. The molecule has 146 valence electrons. The molecule has 1 atom stereocenters. The summed E-state index contributed by atoms with van der Waals surface area (Å²) in [7, 11) is 1.63. The van der Waals surface area contributed by atoms with Crippen LogP contribution in [-0.2, 0) is 11.3 Å². The van der Waals surface area contributed by atoms with E-state index in [2.05, 4.69) is 27.1 Å². The van der Waals surface area contributed by atoms with Gasteiger partial charge in [-0.15, -0.1) is 28.1 Å². The molecule has 3 rings (SSSR count). The lowest BCUT2D eigenvalue weighted by atomic mass is 10.2. The number of hydrogen-bond acceptors (Lipinski definition) is 7. The molecule has 2 aromatic heterocycles. The molecule has 0 saturated heterocycles. The Morgan fingerprint density at radius 2 is 2.14 bits per heavy atom. The summed E-state index contributed by atoms with van der Waals surface area (Å²) in [5.74, 6) is 1.36. The van der Waals surface area contributed by atoms with Crippen molar-refractivity contribution in [1.82, 2.24) is 19.7 Å². The molecule has 0 aliphatic rings. The van der Waals surface area contributed by atoms with Crippen LogP contribution in [0.5, 0.6) is 5.75 Å². The second kappa shape index (κ2) is 9.03. The SMILES string of the molecule is C=CCn1c(S[C@@H](C)C(=O)Nc2nc(C)cs2)nnc1-c1ccc(OC)cc1. The number of thioether (sulfide) groups is 1. The summed E-state index contributed by atoms with van der Waals surface area (Å²) >= 11 is 2.76. The van der Waals surface area contributed by atoms with Crippen LogP contribution in [0.3, 0.4) is 0 Å². The van der Waals surface area contributed by atoms with Gasteiger partial charge in [-0.3, -0.25) is 9.36 Å². The summed E-state index contributed by atoms with van der Waals surface area (Å²) in [5, 5.41) is 14.2. The maximum absolute atomic E-state index is 12.5. The number of methoxy groups -OCH3 is 1. The van der Waals surface area contributed by atoms with Crippen molar-refractivity contribution >= 4 is 34.1 Å². The van der Waals surface area contributed by atoms with E-state index >= 15 is 0 Å². The van der Waals surface area contributed by atoms with Crippen LogP contribution in [0.25, 0.3) is 11.4 Å². The molecule has 0 spiro atoms. The standard InChI is InChI=1S/C19H21N5O2S2/c1-5-10-24-16(14-6-8-15(26-4)9-7-14)22-23-19(24)28-13(3)17(25)21-18-20-12(2)11-27-18/h5-9,11,13H,1,10H2,2-4H3,(H,20,21,25)/t13-/m0/s1. The third kappa shape index (κ3) is 4.60. The summed E-state index contributed by atoms with van der Waals surface area (Å²) < 4.78 is 7.15. The van der Waals surface area contributed by atoms with Crippen molar-refractivity contribution in [3.8, 4) is 17.1 Å². The zero-order valence-electron chi connectivity index (χ0n) is 15.9. The number of rotatable bonds is 8. The Morgan fingerprint density at radius 3 is 2.75 bits per heavy atom. The maximum Gasteiger partial charge on any atom is 0.239 e. The van der Waals surface area contributed by atoms with Gasteiger partial charge in [0.1, 0.15) is 5.75 Å². The van der Waals surface area contributed by atoms with Gasteiger partial charge in [-0.1, -0.05) is 17.8 Å². The molecule has 0 aliphatic carbocycles. The molecule has 28 heavy (non-hydrogen) atoms.